The van der Waals surface area contributed by atoms with Crippen LogP contribution in [0, 0.1) is 0 Å². The second kappa shape index (κ2) is 7.26. The molecular weight excluding hydrogens is 222 g/mol. The fourth-order valence-corrected chi connectivity index (χ4v) is 1.27. The van der Waals surface area contributed by atoms with Crippen LogP contribution in [0.25, 0.3) is 0 Å². The van der Waals surface area contributed by atoms with Crippen LogP contribution in [0.5, 0.6) is 0 Å². The molecule has 1 rings (SSSR count). The van der Waals surface area contributed by atoms with Crippen molar-refractivity contribution >= 4 is 5.69 Å². The summed E-state index contributed by atoms with van der Waals surface area (Å²) in [5.41, 5.74) is 0.876. The summed E-state index contributed by atoms with van der Waals surface area (Å²) < 4.78 is 6.90. The number of ether oxygens (including phenoxy) is 1. The monoisotopic (exact) mass is 243 g/mol. The number of anilines is 1. The van der Waals surface area contributed by atoms with Gasteiger partial charge < -0.3 is 20.3 Å². The molecule has 0 amide bonds. The van der Waals surface area contributed by atoms with E-state index in [2.05, 4.69) is 10.4 Å². The number of hydrogen-bond donors (Lipinski definition) is 3. The summed E-state index contributed by atoms with van der Waals surface area (Å²) in [7, 11) is 0. The summed E-state index contributed by atoms with van der Waals surface area (Å²) >= 11 is 0. The molecule has 0 aromatic carbocycles. The van der Waals surface area contributed by atoms with Crippen molar-refractivity contribution in [1.29, 1.82) is 0 Å². The van der Waals surface area contributed by atoms with Gasteiger partial charge in [-0.1, -0.05) is 0 Å². The van der Waals surface area contributed by atoms with Gasteiger partial charge in [-0.15, -0.1) is 0 Å². The van der Waals surface area contributed by atoms with Gasteiger partial charge in [0.15, 0.2) is 0 Å². The van der Waals surface area contributed by atoms with E-state index in [1.807, 2.05) is 13.1 Å². The van der Waals surface area contributed by atoms with E-state index >= 15 is 0 Å². The second-order valence-corrected chi connectivity index (χ2v) is 4.00. The van der Waals surface area contributed by atoms with Gasteiger partial charge >= 0.3 is 0 Å². The Kier molecular flexibility index (Phi) is 5.96. The number of nitrogens with one attached hydrogen (secondary N) is 1. The van der Waals surface area contributed by atoms with E-state index in [0.717, 1.165) is 5.69 Å². The maximum absolute atomic E-state index is 9.36. The third kappa shape index (κ3) is 5.16. The summed E-state index contributed by atoms with van der Waals surface area (Å²) in [5, 5.41) is 25.2. The Balaban J connectivity index is 2.32. The molecule has 2 atom stereocenters. The maximum Gasteiger partial charge on any atom is 0.0729 e. The van der Waals surface area contributed by atoms with Crippen molar-refractivity contribution in [3.63, 3.8) is 0 Å². The van der Waals surface area contributed by atoms with E-state index in [4.69, 9.17) is 9.84 Å². The first-order chi connectivity index (χ1) is 8.13. The molecule has 6 heteroatoms. The van der Waals surface area contributed by atoms with Crippen LogP contribution < -0.4 is 5.32 Å². The van der Waals surface area contributed by atoms with Gasteiger partial charge in [-0.3, -0.25) is 4.68 Å². The first kappa shape index (κ1) is 14.0. The molecule has 17 heavy (non-hydrogen) atoms. The average Bonchev–Trinajstić information content (AvgIpc) is 2.72. The van der Waals surface area contributed by atoms with Crippen LogP contribution in [0.15, 0.2) is 12.4 Å². The summed E-state index contributed by atoms with van der Waals surface area (Å²) in [4.78, 5) is 0. The first-order valence-corrected chi connectivity index (χ1v) is 5.79. The molecule has 0 spiro atoms. The maximum atomic E-state index is 9.36. The highest BCUT2D eigenvalue weighted by atomic mass is 16.5. The van der Waals surface area contributed by atoms with Crippen molar-refractivity contribution in [2.75, 3.05) is 25.1 Å². The fraction of sp³-hybridized carbons (Fsp3) is 0.727. The number of aliphatic hydroxyl groups is 2. The normalized spacial score (nSPS) is 14.6. The zero-order valence-corrected chi connectivity index (χ0v) is 10.3. The minimum Gasteiger partial charge on any atom is -0.394 e. The van der Waals surface area contributed by atoms with E-state index < -0.39 is 6.10 Å². The number of aliphatic hydroxyl groups excluding tert-OH is 2. The van der Waals surface area contributed by atoms with Gasteiger partial charge in [0.25, 0.3) is 0 Å². The number of hydrogen-bond acceptors (Lipinski definition) is 5. The molecule has 1 aromatic rings. The van der Waals surface area contributed by atoms with Crippen molar-refractivity contribution in [3.05, 3.63) is 12.4 Å². The lowest BCUT2D eigenvalue weighted by Crippen LogP contribution is -2.27. The van der Waals surface area contributed by atoms with Crippen molar-refractivity contribution in [1.82, 2.24) is 9.78 Å². The van der Waals surface area contributed by atoms with Crippen LogP contribution in [0.1, 0.15) is 13.8 Å². The van der Waals surface area contributed by atoms with Gasteiger partial charge in [0.2, 0.25) is 0 Å². The summed E-state index contributed by atoms with van der Waals surface area (Å²) in [5.74, 6) is 0. The number of rotatable bonds is 8. The minimum atomic E-state index is -0.411. The van der Waals surface area contributed by atoms with Crippen LogP contribution in [0.2, 0.25) is 0 Å². The van der Waals surface area contributed by atoms with E-state index in [9.17, 15) is 5.11 Å². The van der Waals surface area contributed by atoms with E-state index in [1.54, 1.807) is 17.8 Å². The fourth-order valence-electron chi connectivity index (χ4n) is 1.27. The van der Waals surface area contributed by atoms with Crippen LogP contribution in [-0.2, 0) is 11.3 Å². The van der Waals surface area contributed by atoms with Crippen LogP contribution in [0.4, 0.5) is 5.69 Å². The van der Waals surface area contributed by atoms with Gasteiger partial charge in [0.1, 0.15) is 0 Å². The Labute approximate surface area is 101 Å². The van der Waals surface area contributed by atoms with Crippen molar-refractivity contribution < 1.29 is 14.9 Å². The molecule has 0 aliphatic carbocycles. The second-order valence-electron chi connectivity index (χ2n) is 4.00. The van der Waals surface area contributed by atoms with Gasteiger partial charge in [0, 0.05) is 12.2 Å². The minimum absolute atomic E-state index is 0.0155. The van der Waals surface area contributed by atoms with Gasteiger partial charge in [0.05, 0.1) is 44.4 Å². The molecule has 6 nitrogen and oxygen atoms in total. The average molecular weight is 243 g/mol. The van der Waals surface area contributed by atoms with E-state index in [0.29, 0.717) is 19.8 Å². The Morgan fingerprint density at radius 2 is 2.24 bits per heavy atom. The molecule has 0 bridgehead atoms. The Morgan fingerprint density at radius 3 is 2.88 bits per heavy atom. The molecule has 0 fully saturated rings. The van der Waals surface area contributed by atoms with Crippen LogP contribution >= 0.6 is 0 Å². The number of nitrogens with zero attached hydrogens (tertiary/aromatic N) is 2. The van der Waals surface area contributed by atoms with Crippen LogP contribution in [0.3, 0.4) is 0 Å². The van der Waals surface area contributed by atoms with Gasteiger partial charge in [-0.25, -0.2) is 0 Å². The standard InChI is InChI=1S/C11H21N3O3/c1-9(10(2)16)13-11-7-12-14(8-11)3-5-17-6-4-15/h7-10,13,15-16H,3-6H2,1-2H3. The Morgan fingerprint density at radius 1 is 1.47 bits per heavy atom. The lowest BCUT2D eigenvalue weighted by molar-refractivity contribution is 0.0854. The smallest absolute Gasteiger partial charge is 0.0729 e. The van der Waals surface area contributed by atoms with Crippen molar-refractivity contribution in [3.8, 4) is 0 Å². The highest BCUT2D eigenvalue weighted by Crippen LogP contribution is 2.08. The summed E-state index contributed by atoms with van der Waals surface area (Å²) in [6, 6.07) is -0.0155. The predicted octanol–water partition coefficient (Wildman–Crippen LogP) is 0.0732. The largest absolute Gasteiger partial charge is 0.394 e. The third-order valence-corrected chi connectivity index (χ3v) is 2.45. The molecule has 0 radical (unpaired) electrons. The van der Waals surface area contributed by atoms with E-state index in [1.165, 1.54) is 0 Å². The molecule has 98 valence electrons. The Bertz CT molecular complexity index is 315. The number of aromatic nitrogens is 2. The molecule has 2 unspecified atom stereocenters. The molecular formula is C11H21N3O3. The molecule has 0 aliphatic heterocycles. The van der Waals surface area contributed by atoms with Crippen molar-refractivity contribution in [2.24, 2.45) is 0 Å². The molecule has 1 aromatic heterocycles. The summed E-state index contributed by atoms with van der Waals surface area (Å²) in [6.45, 7) is 5.21. The quantitative estimate of drug-likeness (QED) is 0.563. The van der Waals surface area contributed by atoms with E-state index in [-0.39, 0.29) is 12.6 Å². The Hall–Kier alpha value is -1.11. The van der Waals surface area contributed by atoms with Crippen LogP contribution in [-0.4, -0.2) is 52.0 Å². The lowest BCUT2D eigenvalue weighted by Gasteiger charge is -2.15. The van der Waals surface area contributed by atoms with Gasteiger partial charge in [-0.2, -0.15) is 5.10 Å². The lowest BCUT2D eigenvalue weighted by atomic mass is 10.2. The highest BCUT2D eigenvalue weighted by molar-refractivity contribution is 5.39. The zero-order valence-electron chi connectivity index (χ0n) is 10.3. The SMILES string of the molecule is CC(O)C(C)Nc1cnn(CCOCCO)c1. The molecule has 0 saturated carbocycles. The topological polar surface area (TPSA) is 79.5 Å². The highest BCUT2D eigenvalue weighted by Gasteiger charge is 2.08. The zero-order chi connectivity index (χ0) is 12.7. The van der Waals surface area contributed by atoms with Crippen molar-refractivity contribution in [2.45, 2.75) is 32.5 Å². The third-order valence-electron chi connectivity index (χ3n) is 2.45. The first-order valence-electron chi connectivity index (χ1n) is 5.79. The summed E-state index contributed by atoms with van der Waals surface area (Å²) in [6.07, 6.45) is 3.16. The molecule has 1 heterocycles. The molecule has 0 saturated heterocycles. The molecule has 0 aliphatic rings. The predicted molar refractivity (Wildman–Crippen MR) is 64.9 cm³/mol. The van der Waals surface area contributed by atoms with Gasteiger partial charge in [-0.05, 0) is 13.8 Å². The molecule has 3 N–H and O–H groups in total.